The Balaban J connectivity index is 1.79. The van der Waals surface area contributed by atoms with Crippen LogP contribution in [0.4, 0.5) is 0 Å². The van der Waals surface area contributed by atoms with Crippen LogP contribution in [0.1, 0.15) is 45.4 Å². The summed E-state index contributed by atoms with van der Waals surface area (Å²) in [4.78, 5) is 13.8. The molecule has 0 unspecified atom stereocenters. The number of aryl methyl sites for hydroxylation is 2. The second-order valence-electron chi connectivity index (χ2n) is 9.15. The molecule has 1 N–H and O–H groups in total. The molecule has 0 radical (unpaired) electrons. The lowest BCUT2D eigenvalue weighted by molar-refractivity contribution is 0.100. The number of benzene rings is 1. The van der Waals surface area contributed by atoms with E-state index in [2.05, 4.69) is 53.8 Å². The zero-order valence-corrected chi connectivity index (χ0v) is 22.5. The number of H-pyrrole nitrogens is 1. The second-order valence-corrected chi connectivity index (χ2v) is 9.93. The SMILES string of the molecule is CCCc1nn(C)c2c(=S)nc(-c3cc(C(=S)N4C[C@@H](C)N(C)[C@@H](C)C4)ccc3OCC)[nH]c12. The average molecular weight is 499 g/mol. The van der Waals surface area contributed by atoms with E-state index in [1.807, 2.05) is 30.8 Å². The predicted molar refractivity (Wildman–Crippen MR) is 144 cm³/mol. The maximum atomic E-state index is 5.98. The molecule has 1 aliphatic rings. The highest BCUT2D eigenvalue weighted by Crippen LogP contribution is 2.32. The third kappa shape index (κ3) is 4.61. The van der Waals surface area contributed by atoms with Crippen LogP contribution in [0.25, 0.3) is 22.4 Å². The Morgan fingerprint density at radius 1 is 1.18 bits per heavy atom. The monoisotopic (exact) mass is 498 g/mol. The van der Waals surface area contributed by atoms with Crippen LogP contribution < -0.4 is 4.74 Å². The first kappa shape index (κ1) is 24.8. The van der Waals surface area contributed by atoms with E-state index >= 15 is 0 Å². The van der Waals surface area contributed by atoms with E-state index in [1.165, 1.54) is 0 Å². The number of hydrogen-bond acceptors (Lipinski definition) is 6. The third-order valence-electron chi connectivity index (χ3n) is 6.69. The van der Waals surface area contributed by atoms with Gasteiger partial charge in [-0.2, -0.15) is 5.10 Å². The molecular weight excluding hydrogens is 464 g/mol. The molecule has 4 rings (SSSR count). The highest BCUT2D eigenvalue weighted by molar-refractivity contribution is 7.80. The van der Waals surface area contributed by atoms with E-state index in [0.717, 1.165) is 64.5 Å². The fraction of sp³-hybridized carbons (Fsp3) is 0.520. The van der Waals surface area contributed by atoms with E-state index in [4.69, 9.17) is 34.2 Å². The van der Waals surface area contributed by atoms with Crippen molar-refractivity contribution < 1.29 is 4.74 Å². The van der Waals surface area contributed by atoms with E-state index in [1.54, 1.807) is 0 Å². The van der Waals surface area contributed by atoms with Crippen molar-refractivity contribution in [1.29, 1.82) is 0 Å². The molecule has 0 bridgehead atoms. The van der Waals surface area contributed by atoms with Gasteiger partial charge in [0.2, 0.25) is 0 Å². The zero-order chi connectivity index (χ0) is 24.6. The number of aromatic nitrogens is 4. The van der Waals surface area contributed by atoms with Gasteiger partial charge in [0.1, 0.15) is 22.1 Å². The summed E-state index contributed by atoms with van der Waals surface area (Å²) in [7, 11) is 4.09. The first-order valence-corrected chi connectivity index (χ1v) is 12.8. The van der Waals surface area contributed by atoms with Crippen LogP contribution in [-0.4, -0.2) is 73.4 Å². The number of aromatic amines is 1. The molecule has 0 aliphatic carbocycles. The van der Waals surface area contributed by atoms with Gasteiger partial charge < -0.3 is 14.6 Å². The minimum absolute atomic E-state index is 0.437. The highest BCUT2D eigenvalue weighted by atomic mass is 32.1. The number of likely N-dealkylation sites (N-methyl/N-ethyl adjacent to an activating group) is 1. The Labute approximate surface area is 212 Å². The van der Waals surface area contributed by atoms with E-state index in [-0.39, 0.29) is 0 Å². The lowest BCUT2D eigenvalue weighted by Crippen LogP contribution is -2.56. The topological polar surface area (TPSA) is 62.2 Å². The molecule has 7 nitrogen and oxygen atoms in total. The van der Waals surface area contributed by atoms with E-state index in [0.29, 0.717) is 29.2 Å². The van der Waals surface area contributed by atoms with Gasteiger partial charge in [-0.05, 0) is 52.4 Å². The molecule has 2 aromatic heterocycles. The maximum Gasteiger partial charge on any atom is 0.156 e. The molecule has 0 saturated carbocycles. The maximum absolute atomic E-state index is 5.98. The molecule has 3 heterocycles. The van der Waals surface area contributed by atoms with Crippen molar-refractivity contribution in [2.75, 3.05) is 26.7 Å². The number of ether oxygens (including phenoxy) is 1. The van der Waals surface area contributed by atoms with Crippen molar-refractivity contribution in [3.8, 4) is 17.1 Å². The second kappa shape index (κ2) is 10.1. The highest BCUT2D eigenvalue weighted by Gasteiger charge is 2.28. The van der Waals surface area contributed by atoms with E-state index < -0.39 is 0 Å². The summed E-state index contributed by atoms with van der Waals surface area (Å²) in [5.74, 6) is 1.43. The number of nitrogens with one attached hydrogen (secondary N) is 1. The molecule has 0 spiro atoms. The van der Waals surface area contributed by atoms with E-state index in [9.17, 15) is 0 Å². The predicted octanol–water partition coefficient (Wildman–Crippen LogP) is 4.74. The molecule has 1 saturated heterocycles. The molecular formula is C25H34N6OS2. The van der Waals surface area contributed by atoms with Crippen LogP contribution in [0.15, 0.2) is 18.2 Å². The Morgan fingerprint density at radius 2 is 1.88 bits per heavy atom. The van der Waals surface area contributed by atoms with Crippen LogP contribution in [0, 0.1) is 4.64 Å². The average Bonchev–Trinajstić information content (AvgIpc) is 3.13. The van der Waals surface area contributed by atoms with Gasteiger partial charge in [0.05, 0.1) is 23.4 Å². The van der Waals surface area contributed by atoms with Crippen LogP contribution in [0.2, 0.25) is 0 Å². The van der Waals surface area contributed by atoms with Crippen molar-refractivity contribution in [3.05, 3.63) is 34.1 Å². The smallest absolute Gasteiger partial charge is 0.156 e. The first-order chi connectivity index (χ1) is 16.2. The summed E-state index contributed by atoms with van der Waals surface area (Å²) < 4.78 is 8.32. The summed E-state index contributed by atoms with van der Waals surface area (Å²) in [6.07, 6.45) is 1.87. The summed E-state index contributed by atoms with van der Waals surface area (Å²) in [6, 6.07) is 6.99. The van der Waals surface area contributed by atoms with Crippen molar-refractivity contribution >= 4 is 40.5 Å². The summed E-state index contributed by atoms with van der Waals surface area (Å²) in [5, 5.41) is 4.68. The molecule has 182 valence electrons. The molecule has 0 amide bonds. The summed E-state index contributed by atoms with van der Waals surface area (Å²) in [5.41, 5.74) is 4.64. The van der Waals surface area contributed by atoms with Gasteiger partial charge in [0, 0.05) is 37.8 Å². The standard InChI is InChI=1S/C25H34N6OS2/c1-7-9-19-21-22(30(6)28-19)24(33)27-23(26-21)18-12-17(10-11-20(18)32-8-2)25(34)31-13-15(3)29(5)16(4)14-31/h10-12,15-16H,7-9,13-14H2,1-6H3,(H,26,27,33)/t15-,16+. The molecule has 1 fully saturated rings. The fourth-order valence-electron chi connectivity index (χ4n) is 4.68. The van der Waals surface area contributed by atoms with Gasteiger partial charge in [0.25, 0.3) is 0 Å². The number of nitrogens with zero attached hydrogens (tertiary/aromatic N) is 5. The number of rotatable bonds is 6. The normalized spacial score (nSPS) is 19.1. The third-order valence-corrected chi connectivity index (χ3v) is 7.47. The van der Waals surface area contributed by atoms with Crippen LogP contribution in [-0.2, 0) is 13.5 Å². The number of piperazine rings is 1. The number of thiocarbonyl (C=S) groups is 1. The lowest BCUT2D eigenvalue weighted by Gasteiger charge is -2.43. The molecule has 34 heavy (non-hydrogen) atoms. The van der Waals surface area contributed by atoms with Gasteiger partial charge >= 0.3 is 0 Å². The molecule has 1 aromatic carbocycles. The van der Waals surface area contributed by atoms with Crippen LogP contribution >= 0.6 is 24.4 Å². The largest absolute Gasteiger partial charge is 0.493 e. The van der Waals surface area contributed by atoms with Gasteiger partial charge in [0.15, 0.2) is 4.64 Å². The Morgan fingerprint density at radius 3 is 2.53 bits per heavy atom. The van der Waals surface area contributed by atoms with Gasteiger partial charge in [-0.15, -0.1) is 0 Å². The molecule has 2 atom stereocenters. The summed E-state index contributed by atoms with van der Waals surface area (Å²) in [6.45, 7) is 11.0. The van der Waals surface area contributed by atoms with Crippen molar-refractivity contribution in [1.82, 2.24) is 29.5 Å². The van der Waals surface area contributed by atoms with Crippen molar-refractivity contribution in [3.63, 3.8) is 0 Å². The van der Waals surface area contributed by atoms with Gasteiger partial charge in [-0.1, -0.05) is 37.8 Å². The Hall–Kier alpha value is -2.36. The molecule has 3 aromatic rings. The van der Waals surface area contributed by atoms with Crippen molar-refractivity contribution in [2.24, 2.45) is 7.05 Å². The van der Waals surface area contributed by atoms with Crippen LogP contribution in [0.3, 0.4) is 0 Å². The summed E-state index contributed by atoms with van der Waals surface area (Å²) >= 11 is 11.7. The number of fused-ring (bicyclic) bond motifs is 1. The molecule has 9 heteroatoms. The molecule has 1 aliphatic heterocycles. The van der Waals surface area contributed by atoms with Gasteiger partial charge in [-0.3, -0.25) is 9.58 Å². The minimum Gasteiger partial charge on any atom is -0.493 e. The zero-order valence-electron chi connectivity index (χ0n) is 20.9. The van der Waals surface area contributed by atoms with Gasteiger partial charge in [-0.25, -0.2) is 4.98 Å². The lowest BCUT2D eigenvalue weighted by atomic mass is 10.1. The fourth-order valence-corrected chi connectivity index (χ4v) is 5.28. The number of hydrogen-bond donors (Lipinski definition) is 1. The Kier molecular flexibility index (Phi) is 7.35. The Bertz CT molecular complexity index is 1250. The first-order valence-electron chi connectivity index (χ1n) is 12.0. The van der Waals surface area contributed by atoms with Crippen LogP contribution in [0.5, 0.6) is 5.75 Å². The quantitative estimate of drug-likeness (QED) is 0.492. The van der Waals surface area contributed by atoms with Crippen molar-refractivity contribution in [2.45, 2.75) is 52.6 Å². The minimum atomic E-state index is 0.437.